The molecule has 1 N–H and O–H groups in total. The maximum atomic E-state index is 12.0. The van der Waals surface area contributed by atoms with Gasteiger partial charge >= 0.3 is 0 Å². The molecule has 0 saturated carbocycles. The molecule has 0 spiro atoms. The number of phenolic OH excluding ortho intramolecular Hbond substituents is 1. The smallest absolute Gasteiger partial charge is 0.279 e. The number of nitrogens with zero attached hydrogens (tertiary/aromatic N) is 1. The van der Waals surface area contributed by atoms with Crippen molar-refractivity contribution in [2.45, 2.75) is 0 Å². The van der Waals surface area contributed by atoms with Crippen molar-refractivity contribution >= 4 is 48.5 Å². The number of pyridine rings is 1. The second-order valence-corrected chi connectivity index (χ2v) is 5.08. The molecule has 80 valence electrons. The zero-order valence-electron chi connectivity index (χ0n) is 7.98. The van der Waals surface area contributed by atoms with Gasteiger partial charge < -0.3 is 5.11 Å². The molecule has 1 aromatic carbocycles. The standard InChI is InChI=1S/C11H6BrNO2S/c12-13-9-2-1-6(14)5-8(9)7-3-4-16-10(7)11(13)15/h1-5,14H. The predicted octanol–water partition coefficient (Wildman–Crippen LogP) is 3.08. The van der Waals surface area contributed by atoms with E-state index in [1.165, 1.54) is 14.9 Å². The Morgan fingerprint density at radius 3 is 2.88 bits per heavy atom. The molecule has 0 atom stereocenters. The maximum absolute atomic E-state index is 12.0. The molecular formula is C11H6BrNO2S. The Hall–Kier alpha value is -1.33. The van der Waals surface area contributed by atoms with Crippen molar-refractivity contribution in [1.29, 1.82) is 0 Å². The number of aromatic hydroxyl groups is 1. The van der Waals surface area contributed by atoms with Crippen molar-refractivity contribution in [3.05, 3.63) is 40.0 Å². The van der Waals surface area contributed by atoms with Crippen LogP contribution in [0.5, 0.6) is 5.75 Å². The molecule has 0 bridgehead atoms. The highest BCUT2D eigenvalue weighted by Gasteiger charge is 2.10. The van der Waals surface area contributed by atoms with Gasteiger partial charge in [0.2, 0.25) is 0 Å². The minimum atomic E-state index is -0.0665. The van der Waals surface area contributed by atoms with Crippen molar-refractivity contribution in [3.63, 3.8) is 0 Å². The highest BCUT2D eigenvalue weighted by atomic mass is 79.9. The van der Waals surface area contributed by atoms with E-state index in [2.05, 4.69) is 16.1 Å². The van der Waals surface area contributed by atoms with Gasteiger partial charge in [0, 0.05) is 10.8 Å². The summed E-state index contributed by atoms with van der Waals surface area (Å²) in [6, 6.07) is 6.85. The van der Waals surface area contributed by atoms with Gasteiger partial charge in [-0.15, -0.1) is 11.3 Å². The van der Waals surface area contributed by atoms with Gasteiger partial charge in [-0.3, -0.25) is 4.79 Å². The van der Waals surface area contributed by atoms with Crippen LogP contribution in [0.15, 0.2) is 34.4 Å². The monoisotopic (exact) mass is 295 g/mol. The molecule has 0 amide bonds. The Morgan fingerprint density at radius 2 is 2.06 bits per heavy atom. The van der Waals surface area contributed by atoms with Crippen LogP contribution in [0.4, 0.5) is 0 Å². The van der Waals surface area contributed by atoms with Gasteiger partial charge in [-0.2, -0.15) is 0 Å². The van der Waals surface area contributed by atoms with E-state index < -0.39 is 0 Å². The van der Waals surface area contributed by atoms with Crippen LogP contribution in [0.25, 0.3) is 21.0 Å². The normalized spacial score (nSPS) is 11.3. The number of benzene rings is 1. The highest BCUT2D eigenvalue weighted by Crippen LogP contribution is 2.29. The summed E-state index contributed by atoms with van der Waals surface area (Å²) >= 11 is 4.64. The molecule has 0 saturated heterocycles. The molecular weight excluding hydrogens is 290 g/mol. The number of fused-ring (bicyclic) bond motifs is 3. The van der Waals surface area contributed by atoms with Gasteiger partial charge in [0.1, 0.15) is 10.4 Å². The number of halogens is 1. The van der Waals surface area contributed by atoms with Crippen LogP contribution in [-0.4, -0.2) is 8.70 Å². The average molecular weight is 296 g/mol. The fourth-order valence-electron chi connectivity index (χ4n) is 1.80. The molecule has 0 aliphatic carbocycles. The maximum Gasteiger partial charge on any atom is 0.279 e. The third-order valence-electron chi connectivity index (χ3n) is 2.52. The fourth-order valence-corrected chi connectivity index (χ4v) is 3.24. The zero-order chi connectivity index (χ0) is 11.3. The van der Waals surface area contributed by atoms with Gasteiger partial charge in [-0.05, 0) is 29.6 Å². The largest absolute Gasteiger partial charge is 0.508 e. The van der Waals surface area contributed by atoms with E-state index >= 15 is 0 Å². The molecule has 0 radical (unpaired) electrons. The molecule has 2 aromatic heterocycles. The van der Waals surface area contributed by atoms with Crippen molar-refractivity contribution in [1.82, 2.24) is 3.59 Å². The van der Waals surface area contributed by atoms with E-state index in [4.69, 9.17) is 0 Å². The molecule has 0 unspecified atom stereocenters. The molecule has 0 aliphatic rings. The van der Waals surface area contributed by atoms with E-state index in [1.807, 2.05) is 11.4 Å². The third kappa shape index (κ3) is 1.22. The minimum Gasteiger partial charge on any atom is -0.508 e. The first kappa shape index (κ1) is 9.86. The zero-order valence-corrected chi connectivity index (χ0v) is 10.4. The molecule has 5 heteroatoms. The van der Waals surface area contributed by atoms with Gasteiger partial charge in [0.15, 0.2) is 0 Å². The van der Waals surface area contributed by atoms with Gasteiger partial charge in [-0.1, -0.05) is 0 Å². The van der Waals surface area contributed by atoms with Crippen molar-refractivity contribution in [2.24, 2.45) is 0 Å². The van der Waals surface area contributed by atoms with Gasteiger partial charge in [0.05, 0.1) is 21.7 Å². The molecule has 3 rings (SSSR count). The summed E-state index contributed by atoms with van der Waals surface area (Å²) in [5.74, 6) is 0.200. The first-order chi connectivity index (χ1) is 7.68. The van der Waals surface area contributed by atoms with Gasteiger partial charge in [-0.25, -0.2) is 3.59 Å². The molecule has 3 aromatic rings. The Morgan fingerprint density at radius 1 is 1.25 bits per heavy atom. The lowest BCUT2D eigenvalue weighted by Crippen LogP contribution is -2.11. The second-order valence-electron chi connectivity index (χ2n) is 3.45. The molecule has 0 fully saturated rings. The fraction of sp³-hybridized carbons (Fsp3) is 0. The van der Waals surface area contributed by atoms with Crippen molar-refractivity contribution in [3.8, 4) is 5.75 Å². The summed E-state index contributed by atoms with van der Waals surface area (Å²) in [5.41, 5.74) is 0.692. The van der Waals surface area contributed by atoms with Crippen molar-refractivity contribution in [2.75, 3.05) is 0 Å². The molecule has 0 aliphatic heterocycles. The first-order valence-corrected chi connectivity index (χ1v) is 6.18. The Bertz CT molecular complexity index is 760. The number of hydrogen-bond acceptors (Lipinski definition) is 3. The van der Waals surface area contributed by atoms with E-state index in [1.54, 1.807) is 18.2 Å². The van der Waals surface area contributed by atoms with Crippen LogP contribution >= 0.6 is 27.5 Å². The lowest BCUT2D eigenvalue weighted by Gasteiger charge is -2.04. The van der Waals surface area contributed by atoms with Crippen LogP contribution in [-0.2, 0) is 0 Å². The quantitative estimate of drug-likeness (QED) is 0.692. The van der Waals surface area contributed by atoms with E-state index in [9.17, 15) is 9.90 Å². The minimum absolute atomic E-state index is 0.0665. The van der Waals surface area contributed by atoms with E-state index in [0.29, 0.717) is 4.70 Å². The highest BCUT2D eigenvalue weighted by molar-refractivity contribution is 9.08. The van der Waals surface area contributed by atoms with Crippen LogP contribution in [0.2, 0.25) is 0 Å². The Kier molecular flexibility index (Phi) is 2.05. The second kappa shape index (κ2) is 3.33. The van der Waals surface area contributed by atoms with Gasteiger partial charge in [0.25, 0.3) is 5.56 Å². The summed E-state index contributed by atoms with van der Waals surface area (Å²) in [4.78, 5) is 12.0. The summed E-state index contributed by atoms with van der Waals surface area (Å²) in [6.45, 7) is 0. The number of phenols is 1. The van der Waals surface area contributed by atoms with Crippen LogP contribution in [0.1, 0.15) is 0 Å². The molecule has 3 nitrogen and oxygen atoms in total. The summed E-state index contributed by atoms with van der Waals surface area (Å²) in [6.07, 6.45) is 0. The SMILES string of the molecule is O=c1c2sccc2c2cc(O)ccc2n1Br. The molecule has 16 heavy (non-hydrogen) atoms. The average Bonchev–Trinajstić information content (AvgIpc) is 2.75. The number of thiophene rings is 1. The summed E-state index contributed by atoms with van der Waals surface area (Å²) < 4.78 is 2.12. The lowest BCUT2D eigenvalue weighted by molar-refractivity contribution is 0.476. The molecule has 2 heterocycles. The summed E-state index contributed by atoms with van der Waals surface area (Å²) in [7, 11) is 0. The Labute approximate surface area is 103 Å². The number of rotatable bonds is 0. The van der Waals surface area contributed by atoms with E-state index in [0.717, 1.165) is 16.3 Å². The lowest BCUT2D eigenvalue weighted by atomic mass is 10.1. The van der Waals surface area contributed by atoms with Crippen LogP contribution in [0.3, 0.4) is 0 Å². The topological polar surface area (TPSA) is 42.2 Å². The van der Waals surface area contributed by atoms with Crippen LogP contribution in [0, 0.1) is 0 Å². The third-order valence-corrected chi connectivity index (χ3v) is 4.13. The number of aromatic nitrogens is 1. The predicted molar refractivity (Wildman–Crippen MR) is 69.6 cm³/mol. The summed E-state index contributed by atoms with van der Waals surface area (Å²) in [5, 5.41) is 13.1. The van der Waals surface area contributed by atoms with Crippen LogP contribution < -0.4 is 5.56 Å². The van der Waals surface area contributed by atoms with E-state index in [-0.39, 0.29) is 11.3 Å². The number of hydrogen-bond donors (Lipinski definition) is 1. The Balaban J connectivity index is 2.72. The van der Waals surface area contributed by atoms with Crippen molar-refractivity contribution < 1.29 is 5.11 Å². The first-order valence-electron chi connectivity index (χ1n) is 4.59.